The van der Waals surface area contributed by atoms with E-state index in [1.165, 1.54) is 0 Å². The molecule has 0 aromatic heterocycles. The molecule has 0 aliphatic carbocycles. The van der Waals surface area contributed by atoms with Crippen LogP contribution in [0.4, 0.5) is 5.69 Å². The molecule has 0 aliphatic rings. The first-order chi connectivity index (χ1) is 12.0. The van der Waals surface area contributed by atoms with Crippen molar-refractivity contribution in [2.75, 3.05) is 11.8 Å². The average Bonchev–Trinajstić information content (AvgIpc) is 2.64. The number of methoxy groups -OCH3 is 1. The summed E-state index contributed by atoms with van der Waals surface area (Å²) in [4.78, 5) is 0.229. The van der Waals surface area contributed by atoms with E-state index in [1.54, 1.807) is 43.5 Å². The molecule has 0 amide bonds. The van der Waals surface area contributed by atoms with Gasteiger partial charge in [-0.1, -0.05) is 42.0 Å². The lowest BCUT2D eigenvalue weighted by molar-refractivity contribution is 0.415. The van der Waals surface area contributed by atoms with Crippen LogP contribution in [-0.2, 0) is 10.0 Å². The summed E-state index contributed by atoms with van der Waals surface area (Å²) < 4.78 is 33.3. The van der Waals surface area contributed by atoms with Crippen LogP contribution >= 0.6 is 0 Å². The van der Waals surface area contributed by atoms with Gasteiger partial charge in [-0.25, -0.2) is 8.42 Å². The van der Waals surface area contributed by atoms with E-state index in [1.807, 2.05) is 43.3 Å². The highest BCUT2D eigenvalue weighted by molar-refractivity contribution is 7.92. The maximum absolute atomic E-state index is 12.7. The van der Waals surface area contributed by atoms with Crippen molar-refractivity contribution >= 4 is 15.7 Å². The summed E-state index contributed by atoms with van der Waals surface area (Å²) >= 11 is 0. The van der Waals surface area contributed by atoms with Gasteiger partial charge in [0.05, 0.1) is 17.7 Å². The quantitative estimate of drug-likeness (QED) is 0.736. The molecule has 3 aromatic carbocycles. The Labute approximate surface area is 148 Å². The van der Waals surface area contributed by atoms with E-state index in [4.69, 9.17) is 4.74 Å². The van der Waals surface area contributed by atoms with E-state index in [2.05, 4.69) is 4.72 Å². The fourth-order valence-corrected chi connectivity index (χ4v) is 3.68. The lowest BCUT2D eigenvalue weighted by Gasteiger charge is -2.14. The van der Waals surface area contributed by atoms with E-state index in [0.29, 0.717) is 5.69 Å². The molecule has 0 fully saturated rings. The van der Waals surface area contributed by atoms with E-state index in [-0.39, 0.29) is 4.90 Å². The van der Waals surface area contributed by atoms with Gasteiger partial charge < -0.3 is 4.74 Å². The molecule has 1 N–H and O–H groups in total. The highest BCUT2D eigenvalue weighted by atomic mass is 32.2. The summed E-state index contributed by atoms with van der Waals surface area (Å²) in [7, 11) is -2.05. The number of benzene rings is 3. The maximum atomic E-state index is 12.7. The predicted molar refractivity (Wildman–Crippen MR) is 100 cm³/mol. The van der Waals surface area contributed by atoms with Crippen molar-refractivity contribution in [1.29, 1.82) is 0 Å². The Balaban J connectivity index is 2.06. The molecule has 0 spiro atoms. The van der Waals surface area contributed by atoms with Gasteiger partial charge in [0.25, 0.3) is 10.0 Å². The molecule has 128 valence electrons. The molecular formula is C20H19NO3S. The summed E-state index contributed by atoms with van der Waals surface area (Å²) in [6.45, 7) is 1.97. The largest absolute Gasteiger partial charge is 0.497 e. The Morgan fingerprint density at radius 1 is 0.880 bits per heavy atom. The normalized spacial score (nSPS) is 11.1. The summed E-state index contributed by atoms with van der Waals surface area (Å²) in [5, 5.41) is 0. The van der Waals surface area contributed by atoms with E-state index in [0.717, 1.165) is 22.4 Å². The third kappa shape index (κ3) is 3.83. The number of rotatable bonds is 5. The standard InChI is InChI=1S/C20H19NO3S/c1-15-11-12-20(21-25(22,23)18-9-4-3-5-10-18)19(13-15)16-7-6-8-17(14-16)24-2/h3-14,21H,1-2H3. The number of sulfonamides is 1. The Morgan fingerprint density at radius 2 is 1.64 bits per heavy atom. The molecule has 0 bridgehead atoms. The van der Waals surface area contributed by atoms with Crippen LogP contribution in [-0.4, -0.2) is 15.5 Å². The minimum absolute atomic E-state index is 0.229. The Morgan fingerprint density at radius 3 is 2.36 bits per heavy atom. The lowest BCUT2D eigenvalue weighted by Crippen LogP contribution is -2.13. The molecule has 0 saturated heterocycles. The van der Waals surface area contributed by atoms with E-state index < -0.39 is 10.0 Å². The molecule has 0 atom stereocenters. The number of ether oxygens (including phenoxy) is 1. The summed E-state index contributed by atoms with van der Waals surface area (Å²) in [6.07, 6.45) is 0. The van der Waals surface area contributed by atoms with Gasteiger partial charge in [-0.05, 0) is 48.9 Å². The van der Waals surface area contributed by atoms with Crippen LogP contribution in [0.25, 0.3) is 11.1 Å². The van der Waals surface area contributed by atoms with Crippen molar-refractivity contribution in [3.63, 3.8) is 0 Å². The SMILES string of the molecule is COc1cccc(-c2cc(C)ccc2NS(=O)(=O)c2ccccc2)c1. The molecule has 0 saturated carbocycles. The number of aryl methyl sites for hydroxylation is 1. The zero-order valence-corrected chi connectivity index (χ0v) is 14.9. The van der Waals surface area contributed by atoms with Crippen molar-refractivity contribution in [1.82, 2.24) is 0 Å². The first-order valence-electron chi connectivity index (χ1n) is 7.82. The predicted octanol–water partition coefficient (Wildman–Crippen LogP) is 4.47. The Kier molecular flexibility index (Phi) is 4.76. The van der Waals surface area contributed by atoms with Gasteiger partial charge in [0, 0.05) is 5.56 Å². The molecule has 0 aliphatic heterocycles. The van der Waals surface area contributed by atoms with Crippen LogP contribution in [0, 0.1) is 6.92 Å². The second kappa shape index (κ2) is 6.99. The van der Waals surface area contributed by atoms with Crippen LogP contribution in [0.2, 0.25) is 0 Å². The van der Waals surface area contributed by atoms with E-state index >= 15 is 0 Å². The van der Waals surface area contributed by atoms with Crippen LogP contribution in [0.5, 0.6) is 5.75 Å². The monoisotopic (exact) mass is 353 g/mol. The van der Waals surface area contributed by atoms with Gasteiger partial charge in [0.2, 0.25) is 0 Å². The number of anilines is 1. The fourth-order valence-electron chi connectivity index (χ4n) is 2.58. The molecule has 0 heterocycles. The van der Waals surface area contributed by atoms with Crippen LogP contribution in [0.3, 0.4) is 0 Å². The zero-order valence-electron chi connectivity index (χ0n) is 14.1. The third-order valence-corrected chi connectivity index (χ3v) is 5.24. The molecule has 3 aromatic rings. The highest BCUT2D eigenvalue weighted by Crippen LogP contribution is 2.32. The fraction of sp³-hybridized carbons (Fsp3) is 0.100. The van der Waals surface area contributed by atoms with Crippen molar-refractivity contribution in [3.05, 3.63) is 78.4 Å². The van der Waals surface area contributed by atoms with Crippen molar-refractivity contribution in [2.45, 2.75) is 11.8 Å². The number of nitrogens with one attached hydrogen (secondary N) is 1. The van der Waals surface area contributed by atoms with Crippen LogP contribution in [0.1, 0.15) is 5.56 Å². The smallest absolute Gasteiger partial charge is 0.261 e. The van der Waals surface area contributed by atoms with Gasteiger partial charge in [0.1, 0.15) is 5.75 Å². The number of hydrogen-bond donors (Lipinski definition) is 1. The topological polar surface area (TPSA) is 55.4 Å². The summed E-state index contributed by atoms with van der Waals surface area (Å²) in [5.41, 5.74) is 3.26. The second-order valence-corrected chi connectivity index (χ2v) is 7.38. The third-order valence-electron chi connectivity index (χ3n) is 3.85. The first-order valence-corrected chi connectivity index (χ1v) is 9.31. The van der Waals surface area contributed by atoms with Crippen molar-refractivity contribution in [3.8, 4) is 16.9 Å². The van der Waals surface area contributed by atoms with E-state index in [9.17, 15) is 8.42 Å². The van der Waals surface area contributed by atoms with Crippen LogP contribution < -0.4 is 9.46 Å². The minimum Gasteiger partial charge on any atom is -0.497 e. The lowest BCUT2D eigenvalue weighted by atomic mass is 10.0. The first kappa shape index (κ1) is 17.0. The minimum atomic E-state index is -3.65. The van der Waals surface area contributed by atoms with Gasteiger partial charge in [-0.3, -0.25) is 4.72 Å². The number of hydrogen-bond acceptors (Lipinski definition) is 3. The highest BCUT2D eigenvalue weighted by Gasteiger charge is 2.16. The molecule has 0 radical (unpaired) electrons. The molecule has 4 nitrogen and oxygen atoms in total. The Hall–Kier alpha value is -2.79. The molecule has 0 unspecified atom stereocenters. The van der Waals surface area contributed by atoms with Crippen LogP contribution in [0.15, 0.2) is 77.7 Å². The van der Waals surface area contributed by atoms with Gasteiger partial charge in [0.15, 0.2) is 0 Å². The summed E-state index contributed by atoms with van der Waals surface area (Å²) in [6, 6.07) is 21.5. The van der Waals surface area contributed by atoms with Crippen molar-refractivity contribution in [2.24, 2.45) is 0 Å². The Bertz CT molecular complexity index is 983. The van der Waals surface area contributed by atoms with Gasteiger partial charge >= 0.3 is 0 Å². The summed E-state index contributed by atoms with van der Waals surface area (Å²) in [5.74, 6) is 0.718. The van der Waals surface area contributed by atoms with Gasteiger partial charge in [-0.15, -0.1) is 0 Å². The maximum Gasteiger partial charge on any atom is 0.261 e. The zero-order chi connectivity index (χ0) is 17.9. The molecule has 25 heavy (non-hydrogen) atoms. The van der Waals surface area contributed by atoms with Gasteiger partial charge in [-0.2, -0.15) is 0 Å². The molecule has 5 heteroatoms. The average molecular weight is 353 g/mol. The molecule has 3 rings (SSSR count). The second-order valence-electron chi connectivity index (χ2n) is 5.70. The molecular weight excluding hydrogens is 334 g/mol. The van der Waals surface area contributed by atoms with Crippen molar-refractivity contribution < 1.29 is 13.2 Å².